The Bertz CT molecular complexity index is 1040. The Morgan fingerprint density at radius 1 is 0.931 bits per heavy atom. The second-order valence-corrected chi connectivity index (χ2v) is 8.39. The van der Waals surface area contributed by atoms with Crippen molar-refractivity contribution in [2.24, 2.45) is 23.7 Å². The molecule has 2 aromatic carbocycles. The number of carbonyl (C=O) groups is 3. The monoisotopic (exact) mass is 386 g/mol. The summed E-state index contributed by atoms with van der Waals surface area (Å²) in [5, 5.41) is 2.91. The molecule has 5 rings (SSSR count). The molecule has 2 fully saturated rings. The number of carbonyl (C=O) groups excluding carboxylic acids is 3. The summed E-state index contributed by atoms with van der Waals surface area (Å²) in [6, 6.07) is 12.6. The first-order valence-electron chi connectivity index (χ1n) is 9.98. The lowest BCUT2D eigenvalue weighted by molar-refractivity contribution is -0.123. The molecule has 5 heteroatoms. The first-order valence-corrected chi connectivity index (χ1v) is 9.98. The van der Waals surface area contributed by atoms with Gasteiger partial charge in [0.2, 0.25) is 11.8 Å². The molecular weight excluding hydrogens is 364 g/mol. The van der Waals surface area contributed by atoms with Crippen molar-refractivity contribution in [2.75, 3.05) is 10.2 Å². The fraction of sp³-hybridized carbons (Fsp3) is 0.292. The van der Waals surface area contributed by atoms with Crippen LogP contribution in [0.4, 0.5) is 11.4 Å². The SMILES string of the molecule is Cc1cc(C)cc(NC(=O)c2cccc(N3C(=O)[C@@H]4[C@@H](C3=O)[C@H]3C=C[C@@H]4C3)c2)c1. The summed E-state index contributed by atoms with van der Waals surface area (Å²) in [6.45, 7) is 3.96. The molecule has 0 aromatic heterocycles. The van der Waals surface area contributed by atoms with Gasteiger partial charge in [-0.15, -0.1) is 0 Å². The highest BCUT2D eigenvalue weighted by atomic mass is 16.2. The molecule has 29 heavy (non-hydrogen) atoms. The minimum Gasteiger partial charge on any atom is -0.322 e. The van der Waals surface area contributed by atoms with Crippen molar-refractivity contribution in [2.45, 2.75) is 20.3 Å². The van der Waals surface area contributed by atoms with Crippen LogP contribution in [0.5, 0.6) is 0 Å². The molecule has 3 aliphatic rings. The Hall–Kier alpha value is -3.21. The number of hydrogen-bond donors (Lipinski definition) is 1. The van der Waals surface area contributed by atoms with Crippen LogP contribution in [0.3, 0.4) is 0 Å². The maximum Gasteiger partial charge on any atom is 0.255 e. The summed E-state index contributed by atoms with van der Waals surface area (Å²) in [7, 11) is 0. The van der Waals surface area contributed by atoms with Gasteiger partial charge in [0.15, 0.2) is 0 Å². The third-order valence-electron chi connectivity index (χ3n) is 6.32. The maximum absolute atomic E-state index is 13.0. The van der Waals surface area contributed by atoms with Crippen molar-refractivity contribution >= 4 is 29.1 Å². The van der Waals surface area contributed by atoms with Gasteiger partial charge in [0.1, 0.15) is 0 Å². The van der Waals surface area contributed by atoms with Crippen LogP contribution in [0.1, 0.15) is 27.9 Å². The molecule has 0 unspecified atom stereocenters. The van der Waals surface area contributed by atoms with E-state index in [-0.39, 0.29) is 41.4 Å². The van der Waals surface area contributed by atoms with Crippen molar-refractivity contribution in [1.29, 1.82) is 0 Å². The van der Waals surface area contributed by atoms with Crippen molar-refractivity contribution in [1.82, 2.24) is 0 Å². The Morgan fingerprint density at radius 2 is 1.55 bits per heavy atom. The zero-order valence-electron chi connectivity index (χ0n) is 16.4. The van der Waals surface area contributed by atoms with Crippen LogP contribution in [0.25, 0.3) is 0 Å². The zero-order valence-corrected chi connectivity index (χ0v) is 16.4. The molecule has 2 aromatic rings. The molecule has 1 N–H and O–H groups in total. The van der Waals surface area contributed by atoms with E-state index in [9.17, 15) is 14.4 Å². The number of aryl methyl sites for hydroxylation is 2. The van der Waals surface area contributed by atoms with E-state index in [1.807, 2.05) is 32.0 Å². The van der Waals surface area contributed by atoms with Gasteiger partial charge in [0.05, 0.1) is 17.5 Å². The molecule has 5 nitrogen and oxygen atoms in total. The lowest BCUT2D eigenvalue weighted by atomic mass is 9.85. The number of allylic oxidation sites excluding steroid dienone is 2. The second-order valence-electron chi connectivity index (χ2n) is 8.39. The summed E-state index contributed by atoms with van der Waals surface area (Å²) in [4.78, 5) is 40.1. The molecule has 0 radical (unpaired) electrons. The fourth-order valence-electron chi connectivity index (χ4n) is 5.19. The van der Waals surface area contributed by atoms with E-state index in [2.05, 4.69) is 17.5 Å². The summed E-state index contributed by atoms with van der Waals surface area (Å²) >= 11 is 0. The van der Waals surface area contributed by atoms with Gasteiger partial charge in [-0.3, -0.25) is 14.4 Å². The van der Waals surface area contributed by atoms with E-state index in [4.69, 9.17) is 0 Å². The normalized spacial score (nSPS) is 26.9. The number of anilines is 2. The Balaban J connectivity index is 1.41. The standard InChI is InChI=1S/C24H22N2O3/c1-13-8-14(2)10-18(9-13)25-22(27)17-4-3-5-19(12-17)26-23(28)20-15-6-7-16(11-15)21(20)24(26)29/h3-10,12,15-16,20-21H,11H2,1-2H3,(H,25,27)/t15-,16+,20-,21-/m0/s1. The molecule has 0 spiro atoms. The number of amides is 3. The van der Waals surface area contributed by atoms with E-state index in [1.54, 1.807) is 24.3 Å². The summed E-state index contributed by atoms with van der Waals surface area (Å²) in [5.41, 5.74) is 3.75. The number of nitrogens with zero attached hydrogens (tertiary/aromatic N) is 1. The van der Waals surface area contributed by atoms with Gasteiger partial charge >= 0.3 is 0 Å². The lowest BCUT2D eigenvalue weighted by Gasteiger charge is -2.18. The van der Waals surface area contributed by atoms with Gasteiger partial charge in [-0.2, -0.15) is 0 Å². The summed E-state index contributed by atoms with van der Waals surface area (Å²) < 4.78 is 0. The van der Waals surface area contributed by atoms with Crippen LogP contribution in [0.15, 0.2) is 54.6 Å². The predicted octanol–water partition coefficient (Wildman–Crippen LogP) is 3.87. The molecule has 3 amide bonds. The van der Waals surface area contributed by atoms with E-state index in [0.717, 1.165) is 23.2 Å². The molecule has 1 saturated carbocycles. The highest BCUT2D eigenvalue weighted by Crippen LogP contribution is 2.53. The lowest BCUT2D eigenvalue weighted by Crippen LogP contribution is -2.33. The molecule has 1 aliphatic heterocycles. The van der Waals surface area contributed by atoms with Crippen LogP contribution in [0, 0.1) is 37.5 Å². The topological polar surface area (TPSA) is 66.5 Å². The van der Waals surface area contributed by atoms with E-state index in [1.165, 1.54) is 4.90 Å². The first-order chi connectivity index (χ1) is 13.9. The highest BCUT2D eigenvalue weighted by molar-refractivity contribution is 6.23. The fourth-order valence-corrected chi connectivity index (χ4v) is 5.19. The van der Waals surface area contributed by atoms with Crippen LogP contribution in [-0.2, 0) is 9.59 Å². The average Bonchev–Trinajstić information content (AvgIpc) is 3.35. The quantitative estimate of drug-likeness (QED) is 0.643. The van der Waals surface area contributed by atoms with Gasteiger partial charge < -0.3 is 5.32 Å². The molecule has 2 aliphatic carbocycles. The smallest absolute Gasteiger partial charge is 0.255 e. The van der Waals surface area contributed by atoms with E-state index < -0.39 is 0 Å². The molecule has 4 atom stereocenters. The van der Waals surface area contributed by atoms with Gasteiger partial charge in [0, 0.05) is 11.3 Å². The van der Waals surface area contributed by atoms with Crippen molar-refractivity contribution < 1.29 is 14.4 Å². The molecule has 2 bridgehead atoms. The van der Waals surface area contributed by atoms with Gasteiger partial charge in [0.25, 0.3) is 5.91 Å². The maximum atomic E-state index is 13.0. The Labute approximate surface area is 169 Å². The number of rotatable bonds is 3. The van der Waals surface area contributed by atoms with Gasteiger partial charge in [-0.05, 0) is 73.6 Å². The average molecular weight is 386 g/mol. The van der Waals surface area contributed by atoms with Crippen molar-refractivity contribution in [3.63, 3.8) is 0 Å². The molecule has 1 heterocycles. The van der Waals surface area contributed by atoms with E-state index >= 15 is 0 Å². The minimum atomic E-state index is -0.266. The van der Waals surface area contributed by atoms with Crippen LogP contribution < -0.4 is 10.2 Å². The first kappa shape index (κ1) is 17.9. The summed E-state index contributed by atoms with van der Waals surface area (Å²) in [5.74, 6) is -0.689. The van der Waals surface area contributed by atoms with Gasteiger partial charge in [-0.1, -0.05) is 24.3 Å². The van der Waals surface area contributed by atoms with E-state index in [0.29, 0.717) is 11.3 Å². The number of fused-ring (bicyclic) bond motifs is 5. The second kappa shape index (κ2) is 6.41. The third kappa shape index (κ3) is 2.80. The highest BCUT2D eigenvalue weighted by Gasteiger charge is 2.59. The number of hydrogen-bond acceptors (Lipinski definition) is 3. The van der Waals surface area contributed by atoms with Gasteiger partial charge in [-0.25, -0.2) is 4.90 Å². The zero-order chi connectivity index (χ0) is 20.3. The van der Waals surface area contributed by atoms with Crippen molar-refractivity contribution in [3.05, 3.63) is 71.3 Å². The Morgan fingerprint density at radius 3 is 2.17 bits per heavy atom. The van der Waals surface area contributed by atoms with Crippen molar-refractivity contribution in [3.8, 4) is 0 Å². The molecule has 146 valence electrons. The molecule has 1 saturated heterocycles. The minimum absolute atomic E-state index is 0.135. The molecular formula is C24H22N2O3. The number of imide groups is 1. The number of benzene rings is 2. The van der Waals surface area contributed by atoms with Crippen LogP contribution in [0.2, 0.25) is 0 Å². The third-order valence-corrected chi connectivity index (χ3v) is 6.32. The number of nitrogens with one attached hydrogen (secondary N) is 1. The van der Waals surface area contributed by atoms with Crippen LogP contribution in [-0.4, -0.2) is 17.7 Å². The largest absolute Gasteiger partial charge is 0.322 e. The van der Waals surface area contributed by atoms with Crippen LogP contribution >= 0.6 is 0 Å². The Kier molecular flexibility index (Phi) is 3.95. The predicted molar refractivity (Wildman–Crippen MR) is 111 cm³/mol. The summed E-state index contributed by atoms with van der Waals surface area (Å²) in [6.07, 6.45) is 5.06.